The second-order valence-electron chi connectivity index (χ2n) is 6.84. The second kappa shape index (κ2) is 7.34. The van der Waals surface area contributed by atoms with Crippen LogP contribution in [0.5, 0.6) is 0 Å². The van der Waals surface area contributed by atoms with Crippen molar-refractivity contribution in [1.82, 2.24) is 19.4 Å². The van der Waals surface area contributed by atoms with Gasteiger partial charge in [0.15, 0.2) is 5.82 Å². The molecule has 6 nitrogen and oxygen atoms in total. The monoisotopic (exact) mass is 368 g/mol. The number of piperidine rings is 1. The first-order valence-corrected chi connectivity index (χ1v) is 9.09. The summed E-state index contributed by atoms with van der Waals surface area (Å²) in [4.78, 5) is 23.3. The maximum absolute atomic E-state index is 13.1. The highest BCUT2D eigenvalue weighted by Crippen LogP contribution is 2.32. The molecule has 27 heavy (non-hydrogen) atoms. The Morgan fingerprint density at radius 2 is 2.07 bits per heavy atom. The topological polar surface area (TPSA) is 64.2 Å². The fourth-order valence-electron chi connectivity index (χ4n) is 3.49. The number of aryl methyl sites for hydroxylation is 1. The van der Waals surface area contributed by atoms with Crippen LogP contribution >= 0.6 is 0 Å². The highest BCUT2D eigenvalue weighted by atomic mass is 19.1. The van der Waals surface area contributed by atoms with Gasteiger partial charge in [0.2, 0.25) is 5.89 Å². The molecule has 1 aliphatic heterocycles. The third kappa shape index (κ3) is 3.63. The molecule has 0 N–H and O–H groups in total. The molecule has 0 saturated carbocycles. The molecule has 1 aromatic carbocycles. The summed E-state index contributed by atoms with van der Waals surface area (Å²) >= 11 is 0. The van der Waals surface area contributed by atoms with Crippen molar-refractivity contribution in [3.05, 3.63) is 71.7 Å². The average molecular weight is 368 g/mol. The number of oxazole rings is 1. The maximum Gasteiger partial charge on any atom is 0.290 e. The third-order valence-corrected chi connectivity index (χ3v) is 4.92. The Kier molecular flexibility index (Phi) is 4.75. The maximum atomic E-state index is 13.1. The van der Waals surface area contributed by atoms with Gasteiger partial charge in [0, 0.05) is 32.4 Å². The minimum Gasteiger partial charge on any atom is -0.443 e. The number of amides is 1. The molecule has 7 heteroatoms. The summed E-state index contributed by atoms with van der Waals surface area (Å²) in [6, 6.07) is 6.14. The largest absolute Gasteiger partial charge is 0.443 e. The molecule has 3 heterocycles. The highest BCUT2D eigenvalue weighted by Gasteiger charge is 2.33. The van der Waals surface area contributed by atoms with Crippen LogP contribution in [0.15, 0.2) is 47.3 Å². The van der Waals surface area contributed by atoms with Gasteiger partial charge in [-0.3, -0.25) is 4.79 Å². The molecular weight excluding hydrogens is 347 g/mol. The lowest BCUT2D eigenvalue weighted by atomic mass is 10.0. The van der Waals surface area contributed by atoms with Crippen LogP contribution in [0.25, 0.3) is 0 Å². The van der Waals surface area contributed by atoms with E-state index in [0.29, 0.717) is 30.4 Å². The van der Waals surface area contributed by atoms with E-state index >= 15 is 0 Å². The molecule has 1 aliphatic rings. The Balaban J connectivity index is 1.54. The lowest BCUT2D eigenvalue weighted by Crippen LogP contribution is -2.39. The Morgan fingerprint density at radius 3 is 2.81 bits per heavy atom. The van der Waals surface area contributed by atoms with Gasteiger partial charge >= 0.3 is 0 Å². The molecule has 0 unspecified atom stereocenters. The number of nitrogens with zero attached hydrogens (tertiary/aromatic N) is 4. The number of carbonyl (C=O) groups excluding carboxylic acids is 1. The molecule has 2 aromatic heterocycles. The van der Waals surface area contributed by atoms with E-state index < -0.39 is 0 Å². The SMILES string of the molecule is Cn1ccnc1C(=O)N1CCCC[C@H]1c1ncc(Cc2ccc(F)cc2)o1. The van der Waals surface area contributed by atoms with E-state index in [1.54, 1.807) is 40.2 Å². The van der Waals surface area contributed by atoms with E-state index in [1.807, 2.05) is 7.05 Å². The Morgan fingerprint density at radius 1 is 1.26 bits per heavy atom. The van der Waals surface area contributed by atoms with Gasteiger partial charge in [-0.1, -0.05) is 12.1 Å². The lowest BCUT2D eigenvalue weighted by Gasteiger charge is -2.33. The van der Waals surface area contributed by atoms with Crippen molar-refractivity contribution in [1.29, 1.82) is 0 Å². The Bertz CT molecular complexity index is 932. The molecule has 0 spiro atoms. The summed E-state index contributed by atoms with van der Waals surface area (Å²) in [5.74, 6) is 1.30. The predicted octanol–water partition coefficient (Wildman–Crippen LogP) is 3.51. The quantitative estimate of drug-likeness (QED) is 0.707. The Labute approximate surface area is 156 Å². The van der Waals surface area contributed by atoms with Gasteiger partial charge < -0.3 is 13.9 Å². The summed E-state index contributed by atoms with van der Waals surface area (Å²) in [7, 11) is 1.81. The van der Waals surface area contributed by atoms with Crippen LogP contribution in [-0.2, 0) is 13.5 Å². The first-order chi connectivity index (χ1) is 13.1. The standard InChI is InChI=1S/C20H21FN4O2/c1-24-11-9-22-18(24)20(26)25-10-3-2-4-17(25)19-23-13-16(27-19)12-14-5-7-15(21)8-6-14/h5-9,11,13,17H,2-4,10,12H2,1H3/t17-/m0/s1. The average Bonchev–Trinajstić information content (AvgIpc) is 3.32. The number of hydrogen-bond acceptors (Lipinski definition) is 4. The zero-order valence-corrected chi connectivity index (χ0v) is 15.1. The second-order valence-corrected chi connectivity index (χ2v) is 6.84. The molecule has 1 amide bonds. The predicted molar refractivity (Wildman–Crippen MR) is 96.5 cm³/mol. The van der Waals surface area contributed by atoms with Crippen molar-refractivity contribution in [2.24, 2.45) is 7.05 Å². The molecule has 140 valence electrons. The molecule has 1 fully saturated rings. The number of rotatable bonds is 4. The minimum atomic E-state index is -0.261. The van der Waals surface area contributed by atoms with Gasteiger partial charge in [-0.25, -0.2) is 14.4 Å². The molecule has 1 atom stereocenters. The van der Waals surface area contributed by atoms with Crippen molar-refractivity contribution in [3.63, 3.8) is 0 Å². The third-order valence-electron chi connectivity index (χ3n) is 4.92. The molecule has 4 rings (SSSR count). The van der Waals surface area contributed by atoms with Crippen LogP contribution in [0, 0.1) is 5.82 Å². The van der Waals surface area contributed by atoms with E-state index in [1.165, 1.54) is 12.1 Å². The number of aromatic nitrogens is 3. The van der Waals surface area contributed by atoms with Gasteiger partial charge in [-0.05, 0) is 37.0 Å². The van der Waals surface area contributed by atoms with Crippen LogP contribution in [0.3, 0.4) is 0 Å². The normalized spacial score (nSPS) is 17.3. The first-order valence-electron chi connectivity index (χ1n) is 9.09. The zero-order chi connectivity index (χ0) is 18.8. The summed E-state index contributed by atoms with van der Waals surface area (Å²) in [6.45, 7) is 0.659. The molecular formula is C20H21FN4O2. The summed E-state index contributed by atoms with van der Waals surface area (Å²) in [5.41, 5.74) is 0.948. The van der Waals surface area contributed by atoms with Crippen molar-refractivity contribution >= 4 is 5.91 Å². The fraction of sp³-hybridized carbons (Fsp3) is 0.350. The Hall–Kier alpha value is -2.96. The van der Waals surface area contributed by atoms with Gasteiger partial charge in [0.25, 0.3) is 5.91 Å². The van der Waals surface area contributed by atoms with Gasteiger partial charge in [-0.15, -0.1) is 0 Å². The van der Waals surface area contributed by atoms with Crippen LogP contribution in [0.1, 0.15) is 53.1 Å². The van der Waals surface area contributed by atoms with Crippen LogP contribution < -0.4 is 0 Å². The molecule has 0 aliphatic carbocycles. The summed E-state index contributed by atoms with van der Waals surface area (Å²) in [5, 5.41) is 0. The first kappa shape index (κ1) is 17.5. The smallest absolute Gasteiger partial charge is 0.290 e. The summed E-state index contributed by atoms with van der Waals surface area (Å²) in [6.07, 6.45) is 8.40. The molecule has 0 bridgehead atoms. The van der Waals surface area contributed by atoms with Crippen LogP contribution in [0.2, 0.25) is 0 Å². The van der Waals surface area contributed by atoms with E-state index in [-0.39, 0.29) is 17.8 Å². The lowest BCUT2D eigenvalue weighted by molar-refractivity contribution is 0.0554. The molecule has 1 saturated heterocycles. The van der Waals surface area contributed by atoms with E-state index in [4.69, 9.17) is 4.42 Å². The molecule has 3 aromatic rings. The number of hydrogen-bond donors (Lipinski definition) is 0. The number of halogens is 1. The summed E-state index contributed by atoms with van der Waals surface area (Å²) < 4.78 is 20.7. The van der Waals surface area contributed by atoms with Crippen molar-refractivity contribution in [2.75, 3.05) is 6.54 Å². The van der Waals surface area contributed by atoms with E-state index in [2.05, 4.69) is 9.97 Å². The van der Waals surface area contributed by atoms with Crippen molar-refractivity contribution < 1.29 is 13.6 Å². The van der Waals surface area contributed by atoms with Gasteiger partial charge in [-0.2, -0.15) is 0 Å². The molecule has 0 radical (unpaired) electrons. The number of likely N-dealkylation sites (tertiary alicyclic amines) is 1. The van der Waals surface area contributed by atoms with Crippen molar-refractivity contribution in [2.45, 2.75) is 31.7 Å². The number of benzene rings is 1. The number of imidazole rings is 1. The van der Waals surface area contributed by atoms with Crippen LogP contribution in [-0.4, -0.2) is 31.9 Å². The van der Waals surface area contributed by atoms with Crippen LogP contribution in [0.4, 0.5) is 4.39 Å². The number of carbonyl (C=O) groups is 1. The van der Waals surface area contributed by atoms with E-state index in [9.17, 15) is 9.18 Å². The highest BCUT2D eigenvalue weighted by molar-refractivity contribution is 5.91. The van der Waals surface area contributed by atoms with Crippen molar-refractivity contribution in [3.8, 4) is 0 Å². The van der Waals surface area contributed by atoms with Gasteiger partial charge in [0.1, 0.15) is 17.6 Å². The zero-order valence-electron chi connectivity index (χ0n) is 15.1. The minimum absolute atomic E-state index is 0.106. The van der Waals surface area contributed by atoms with E-state index in [0.717, 1.165) is 24.8 Å². The fourth-order valence-corrected chi connectivity index (χ4v) is 3.49. The van der Waals surface area contributed by atoms with Gasteiger partial charge in [0.05, 0.1) is 6.20 Å².